The fourth-order valence-electron chi connectivity index (χ4n) is 1.41. The molecule has 17 heavy (non-hydrogen) atoms. The molecular weight excluding hydrogens is 232 g/mol. The Morgan fingerprint density at radius 3 is 2.88 bits per heavy atom. The van der Waals surface area contributed by atoms with Crippen LogP contribution >= 0.6 is 11.8 Å². The maximum absolute atomic E-state index is 5.30. The van der Waals surface area contributed by atoms with Crippen LogP contribution in [0.25, 0.3) is 0 Å². The van der Waals surface area contributed by atoms with E-state index in [1.54, 1.807) is 24.0 Å². The van der Waals surface area contributed by atoms with E-state index in [1.807, 2.05) is 12.1 Å². The Morgan fingerprint density at radius 2 is 2.12 bits per heavy atom. The molecule has 1 heterocycles. The molecule has 0 unspecified atom stereocenters. The number of thioether (sulfide) groups is 1. The van der Waals surface area contributed by atoms with Crippen LogP contribution in [0.15, 0.2) is 41.4 Å². The van der Waals surface area contributed by atoms with E-state index >= 15 is 0 Å². The zero-order valence-corrected chi connectivity index (χ0v) is 10.4. The molecule has 4 nitrogen and oxygen atoms in total. The lowest BCUT2D eigenvalue weighted by molar-refractivity contribution is 1.02. The van der Waals surface area contributed by atoms with Crippen molar-refractivity contribution < 1.29 is 0 Å². The summed E-state index contributed by atoms with van der Waals surface area (Å²) in [6, 6.07) is 10.0. The highest BCUT2D eigenvalue weighted by Crippen LogP contribution is 2.24. The van der Waals surface area contributed by atoms with E-state index in [1.165, 1.54) is 10.5 Å². The Kier molecular flexibility index (Phi) is 3.95. The molecule has 0 spiro atoms. The van der Waals surface area contributed by atoms with E-state index in [9.17, 15) is 0 Å². The minimum atomic E-state index is 0.639. The minimum absolute atomic E-state index is 0.639. The number of nitrogens with two attached hydrogens (primary N) is 1. The van der Waals surface area contributed by atoms with E-state index < -0.39 is 0 Å². The van der Waals surface area contributed by atoms with E-state index in [-0.39, 0.29) is 0 Å². The summed E-state index contributed by atoms with van der Waals surface area (Å²) < 4.78 is 0. The second kappa shape index (κ2) is 5.65. The van der Waals surface area contributed by atoms with Gasteiger partial charge in [-0.3, -0.25) is 0 Å². The Bertz CT molecular complexity index is 501. The van der Waals surface area contributed by atoms with Crippen molar-refractivity contribution in [2.45, 2.75) is 17.6 Å². The lowest BCUT2D eigenvalue weighted by atomic mass is 10.2. The zero-order valence-electron chi connectivity index (χ0n) is 9.55. The van der Waals surface area contributed by atoms with Gasteiger partial charge in [-0.1, -0.05) is 18.2 Å². The fraction of sp³-hybridized carbons (Fsp3) is 0.167. The molecule has 3 N–H and O–H groups in total. The Morgan fingerprint density at radius 1 is 1.29 bits per heavy atom. The average Bonchev–Trinajstić information content (AvgIpc) is 2.38. The molecule has 0 radical (unpaired) electrons. The number of aryl methyl sites for hydroxylation is 1. The third-order valence-corrected chi connectivity index (χ3v) is 3.48. The molecule has 2 aromatic rings. The number of hydrogen-bond acceptors (Lipinski definition) is 5. The van der Waals surface area contributed by atoms with Crippen molar-refractivity contribution in [3.63, 3.8) is 0 Å². The van der Waals surface area contributed by atoms with Gasteiger partial charge in [0.2, 0.25) is 0 Å². The summed E-state index contributed by atoms with van der Waals surface area (Å²) in [5, 5.41) is 0. The molecule has 0 aliphatic carbocycles. The van der Waals surface area contributed by atoms with Gasteiger partial charge in [-0.05, 0) is 18.6 Å². The molecule has 0 saturated carbocycles. The van der Waals surface area contributed by atoms with Crippen LogP contribution < -0.4 is 11.3 Å². The van der Waals surface area contributed by atoms with E-state index in [0.29, 0.717) is 5.82 Å². The van der Waals surface area contributed by atoms with Gasteiger partial charge in [-0.25, -0.2) is 15.8 Å². The normalized spacial score (nSPS) is 10.2. The van der Waals surface area contributed by atoms with Crippen molar-refractivity contribution in [3.8, 4) is 0 Å². The summed E-state index contributed by atoms with van der Waals surface area (Å²) in [7, 11) is 0. The number of anilines is 1. The first-order valence-corrected chi connectivity index (χ1v) is 6.25. The van der Waals surface area contributed by atoms with Gasteiger partial charge in [-0.2, -0.15) is 0 Å². The van der Waals surface area contributed by atoms with Crippen LogP contribution in [0.5, 0.6) is 0 Å². The molecule has 2 rings (SSSR count). The standard InChI is InChI=1S/C12H14N4S/c1-9-4-2-3-5-10(9)17-8-12-14-7-6-11(15-12)16-13/h2-7H,8,13H2,1H3,(H,14,15,16). The van der Waals surface area contributed by atoms with Gasteiger partial charge in [0.1, 0.15) is 11.6 Å². The average molecular weight is 246 g/mol. The van der Waals surface area contributed by atoms with Crippen LogP contribution in [-0.2, 0) is 5.75 Å². The summed E-state index contributed by atoms with van der Waals surface area (Å²) >= 11 is 1.73. The topological polar surface area (TPSA) is 63.8 Å². The van der Waals surface area contributed by atoms with Crippen LogP contribution in [0.3, 0.4) is 0 Å². The van der Waals surface area contributed by atoms with Gasteiger partial charge in [0.15, 0.2) is 0 Å². The van der Waals surface area contributed by atoms with Crippen LogP contribution in [0.4, 0.5) is 5.82 Å². The lowest BCUT2D eigenvalue weighted by Gasteiger charge is -2.05. The summed E-state index contributed by atoms with van der Waals surface area (Å²) in [6.07, 6.45) is 1.70. The third kappa shape index (κ3) is 3.18. The summed E-state index contributed by atoms with van der Waals surface area (Å²) in [5.41, 5.74) is 3.79. The van der Waals surface area contributed by atoms with Crippen LogP contribution in [0, 0.1) is 6.92 Å². The highest BCUT2D eigenvalue weighted by Gasteiger charge is 2.02. The molecule has 0 saturated heterocycles. The molecule has 1 aromatic heterocycles. The summed E-state index contributed by atoms with van der Waals surface area (Å²) in [6.45, 7) is 2.10. The predicted molar refractivity (Wildman–Crippen MR) is 70.6 cm³/mol. The molecule has 0 aliphatic rings. The molecule has 1 aromatic carbocycles. The number of hydrazine groups is 1. The van der Waals surface area contributed by atoms with Gasteiger partial charge >= 0.3 is 0 Å². The third-order valence-electron chi connectivity index (χ3n) is 2.30. The Hall–Kier alpha value is -1.59. The maximum atomic E-state index is 5.30. The lowest BCUT2D eigenvalue weighted by Crippen LogP contribution is -2.09. The van der Waals surface area contributed by atoms with Gasteiger partial charge in [0.05, 0.1) is 5.75 Å². The van der Waals surface area contributed by atoms with E-state index in [4.69, 9.17) is 5.84 Å². The molecule has 5 heteroatoms. The Balaban J connectivity index is 2.05. The number of aromatic nitrogens is 2. The van der Waals surface area contributed by atoms with Crippen molar-refractivity contribution in [1.82, 2.24) is 9.97 Å². The molecule has 0 bridgehead atoms. The Labute approximate surface area is 105 Å². The molecule has 0 amide bonds. The monoisotopic (exact) mass is 246 g/mol. The first-order chi connectivity index (χ1) is 8.29. The largest absolute Gasteiger partial charge is 0.308 e. The number of nitrogens with one attached hydrogen (secondary N) is 1. The van der Waals surface area contributed by atoms with E-state index in [0.717, 1.165) is 11.6 Å². The number of benzene rings is 1. The van der Waals surface area contributed by atoms with Crippen molar-refractivity contribution >= 4 is 17.6 Å². The smallest absolute Gasteiger partial charge is 0.143 e. The highest BCUT2D eigenvalue weighted by atomic mass is 32.2. The maximum Gasteiger partial charge on any atom is 0.143 e. The number of nitrogens with zero attached hydrogens (tertiary/aromatic N) is 2. The summed E-state index contributed by atoms with van der Waals surface area (Å²) in [5.74, 6) is 7.45. The van der Waals surface area contributed by atoms with Crippen molar-refractivity contribution in [3.05, 3.63) is 47.9 Å². The minimum Gasteiger partial charge on any atom is -0.308 e. The van der Waals surface area contributed by atoms with Crippen molar-refractivity contribution in [2.24, 2.45) is 5.84 Å². The first-order valence-electron chi connectivity index (χ1n) is 5.26. The molecule has 0 aliphatic heterocycles. The van der Waals surface area contributed by atoms with Crippen LogP contribution in [0.2, 0.25) is 0 Å². The zero-order chi connectivity index (χ0) is 12.1. The quantitative estimate of drug-likeness (QED) is 0.492. The highest BCUT2D eigenvalue weighted by molar-refractivity contribution is 7.98. The van der Waals surface area contributed by atoms with Crippen LogP contribution in [0.1, 0.15) is 11.4 Å². The number of hydrogen-bond donors (Lipinski definition) is 2. The summed E-state index contributed by atoms with van der Waals surface area (Å²) in [4.78, 5) is 9.72. The SMILES string of the molecule is Cc1ccccc1SCc1nccc(NN)n1. The molecule has 88 valence electrons. The predicted octanol–water partition coefficient (Wildman–Crippen LogP) is 2.36. The van der Waals surface area contributed by atoms with Gasteiger partial charge in [-0.15, -0.1) is 11.8 Å². The first kappa shape index (κ1) is 11.9. The van der Waals surface area contributed by atoms with E-state index in [2.05, 4.69) is 34.5 Å². The van der Waals surface area contributed by atoms with Crippen molar-refractivity contribution in [1.29, 1.82) is 0 Å². The second-order valence-corrected chi connectivity index (χ2v) is 4.57. The number of nitrogen functional groups attached to an aromatic ring is 1. The number of rotatable bonds is 4. The van der Waals surface area contributed by atoms with Gasteiger partial charge < -0.3 is 5.43 Å². The molecule has 0 fully saturated rings. The van der Waals surface area contributed by atoms with Crippen molar-refractivity contribution in [2.75, 3.05) is 5.43 Å². The van der Waals surface area contributed by atoms with Gasteiger partial charge in [0.25, 0.3) is 0 Å². The second-order valence-electron chi connectivity index (χ2n) is 3.56. The molecular formula is C12H14N4S. The fourth-order valence-corrected chi connectivity index (χ4v) is 2.30. The van der Waals surface area contributed by atoms with Gasteiger partial charge in [0, 0.05) is 17.2 Å². The molecule has 0 atom stereocenters. The van der Waals surface area contributed by atoms with Crippen LogP contribution in [-0.4, -0.2) is 9.97 Å².